The fourth-order valence-electron chi connectivity index (χ4n) is 2.05. The Bertz CT molecular complexity index is 410. The summed E-state index contributed by atoms with van der Waals surface area (Å²) < 4.78 is 0. The molecule has 1 saturated carbocycles. The number of amides is 1. The molecule has 92 valence electrons. The molecule has 0 aliphatic heterocycles. The number of nitrogens with one attached hydrogen (secondary N) is 1. The van der Waals surface area contributed by atoms with Crippen LogP contribution in [0, 0.1) is 0 Å². The van der Waals surface area contributed by atoms with Crippen LogP contribution in [0.4, 0.5) is 0 Å². The van der Waals surface area contributed by atoms with Crippen molar-refractivity contribution in [3.63, 3.8) is 0 Å². The zero-order valence-corrected chi connectivity index (χ0v) is 10.3. The van der Waals surface area contributed by atoms with E-state index in [1.54, 1.807) is 0 Å². The van der Waals surface area contributed by atoms with Gasteiger partial charge in [-0.3, -0.25) is 4.79 Å². The zero-order valence-electron chi connectivity index (χ0n) is 10.3. The summed E-state index contributed by atoms with van der Waals surface area (Å²) >= 11 is 0. The lowest BCUT2D eigenvalue weighted by Crippen LogP contribution is -2.27. The summed E-state index contributed by atoms with van der Waals surface area (Å²) in [7, 11) is 0. The minimum atomic E-state index is -0.00264. The predicted molar refractivity (Wildman–Crippen MR) is 68.7 cm³/mol. The molecule has 1 amide bonds. The van der Waals surface area contributed by atoms with Crippen molar-refractivity contribution in [3.8, 4) is 0 Å². The van der Waals surface area contributed by atoms with Crippen LogP contribution in [0.3, 0.4) is 0 Å². The molecule has 0 heterocycles. The molecule has 0 bridgehead atoms. The third-order valence-electron chi connectivity index (χ3n) is 3.28. The molecule has 3 nitrogen and oxygen atoms in total. The van der Waals surface area contributed by atoms with Gasteiger partial charge >= 0.3 is 0 Å². The number of likely N-dealkylation sites (N-methyl/N-ethyl adjacent to an activating group) is 1. The molecule has 0 aromatic heterocycles. The van der Waals surface area contributed by atoms with E-state index in [1.165, 1.54) is 5.56 Å². The monoisotopic (exact) mass is 232 g/mol. The zero-order chi connectivity index (χ0) is 12.3. The number of carbonyl (C=O) groups is 1. The van der Waals surface area contributed by atoms with Gasteiger partial charge in [-0.05, 0) is 37.3 Å². The summed E-state index contributed by atoms with van der Waals surface area (Å²) in [6, 6.07) is 8.11. The first-order chi connectivity index (χ1) is 8.13. The van der Waals surface area contributed by atoms with Crippen molar-refractivity contribution in [1.82, 2.24) is 5.32 Å². The minimum Gasteiger partial charge on any atom is -0.356 e. The Morgan fingerprint density at radius 1 is 1.35 bits per heavy atom. The Labute approximate surface area is 102 Å². The second-order valence-corrected chi connectivity index (χ2v) is 4.94. The molecule has 2 rings (SSSR count). The summed E-state index contributed by atoms with van der Waals surface area (Å²) in [4.78, 5) is 11.6. The number of hydrogen-bond acceptors (Lipinski definition) is 2. The summed E-state index contributed by atoms with van der Waals surface area (Å²) in [5, 5.41) is 2.83. The highest BCUT2D eigenvalue weighted by Gasteiger charge is 2.38. The molecule has 0 radical (unpaired) electrons. The fourth-order valence-corrected chi connectivity index (χ4v) is 2.05. The molecule has 1 aliphatic carbocycles. The van der Waals surface area contributed by atoms with Crippen LogP contribution in [0.2, 0.25) is 0 Å². The lowest BCUT2D eigenvalue weighted by Gasteiger charge is -2.13. The third-order valence-corrected chi connectivity index (χ3v) is 3.28. The number of nitrogens with two attached hydrogens (primary N) is 1. The van der Waals surface area contributed by atoms with E-state index in [1.807, 2.05) is 25.1 Å². The molecule has 1 aliphatic rings. The molecule has 0 spiro atoms. The van der Waals surface area contributed by atoms with Gasteiger partial charge in [0.25, 0.3) is 0 Å². The number of benzene rings is 1. The molecule has 3 N–H and O–H groups in total. The summed E-state index contributed by atoms with van der Waals surface area (Å²) in [5.41, 5.74) is 8.46. The van der Waals surface area contributed by atoms with Crippen molar-refractivity contribution in [2.45, 2.75) is 38.1 Å². The maximum atomic E-state index is 11.6. The molecule has 1 aromatic carbocycles. The van der Waals surface area contributed by atoms with Crippen molar-refractivity contribution >= 4 is 5.91 Å². The van der Waals surface area contributed by atoms with Crippen molar-refractivity contribution < 1.29 is 4.79 Å². The molecule has 17 heavy (non-hydrogen) atoms. The lowest BCUT2D eigenvalue weighted by molar-refractivity contribution is -0.120. The molecule has 0 unspecified atom stereocenters. The van der Waals surface area contributed by atoms with Crippen molar-refractivity contribution in [1.29, 1.82) is 0 Å². The van der Waals surface area contributed by atoms with Crippen LogP contribution in [-0.2, 0) is 17.6 Å². The maximum absolute atomic E-state index is 11.6. The standard InChI is InChI=1S/C14H20N2O/c1-2-16-13(17)9-11-5-3-4-6-12(11)10-14(15)7-8-14/h3-6H,2,7-10,15H2,1H3,(H,16,17). The highest BCUT2D eigenvalue weighted by atomic mass is 16.1. The smallest absolute Gasteiger partial charge is 0.224 e. The van der Waals surface area contributed by atoms with Gasteiger partial charge in [-0.2, -0.15) is 0 Å². The van der Waals surface area contributed by atoms with E-state index in [9.17, 15) is 4.79 Å². The van der Waals surface area contributed by atoms with E-state index in [0.29, 0.717) is 13.0 Å². The Morgan fingerprint density at radius 3 is 2.59 bits per heavy atom. The Balaban J connectivity index is 2.07. The Hall–Kier alpha value is -1.35. The Morgan fingerprint density at radius 2 is 2.00 bits per heavy atom. The largest absolute Gasteiger partial charge is 0.356 e. The highest BCUT2D eigenvalue weighted by molar-refractivity contribution is 5.78. The first-order valence-corrected chi connectivity index (χ1v) is 6.25. The highest BCUT2D eigenvalue weighted by Crippen LogP contribution is 2.36. The van der Waals surface area contributed by atoms with E-state index in [0.717, 1.165) is 24.8 Å². The SMILES string of the molecule is CCNC(=O)Cc1ccccc1CC1(N)CC1. The molecule has 3 heteroatoms. The van der Waals surface area contributed by atoms with Crippen LogP contribution in [0.25, 0.3) is 0 Å². The molecular weight excluding hydrogens is 212 g/mol. The first kappa shape index (κ1) is 12.1. The number of carbonyl (C=O) groups excluding carboxylic acids is 1. The van der Waals surface area contributed by atoms with Crippen LogP contribution < -0.4 is 11.1 Å². The van der Waals surface area contributed by atoms with Gasteiger partial charge in [0, 0.05) is 12.1 Å². The van der Waals surface area contributed by atoms with E-state index >= 15 is 0 Å². The third kappa shape index (κ3) is 3.30. The van der Waals surface area contributed by atoms with Gasteiger partial charge < -0.3 is 11.1 Å². The second-order valence-electron chi connectivity index (χ2n) is 4.94. The van der Waals surface area contributed by atoms with Gasteiger partial charge in [-0.25, -0.2) is 0 Å². The van der Waals surface area contributed by atoms with E-state index < -0.39 is 0 Å². The topological polar surface area (TPSA) is 55.1 Å². The van der Waals surface area contributed by atoms with Crippen LogP contribution >= 0.6 is 0 Å². The van der Waals surface area contributed by atoms with Crippen LogP contribution in [0.15, 0.2) is 24.3 Å². The molecule has 0 saturated heterocycles. The average Bonchev–Trinajstić information content (AvgIpc) is 3.00. The minimum absolute atomic E-state index is 0.00264. The van der Waals surface area contributed by atoms with E-state index in [2.05, 4.69) is 11.4 Å². The molecule has 1 aromatic rings. The van der Waals surface area contributed by atoms with Gasteiger partial charge in [0.15, 0.2) is 0 Å². The van der Waals surface area contributed by atoms with Crippen molar-refractivity contribution in [2.24, 2.45) is 5.73 Å². The average molecular weight is 232 g/mol. The van der Waals surface area contributed by atoms with Gasteiger partial charge in [0.05, 0.1) is 6.42 Å². The summed E-state index contributed by atoms with van der Waals surface area (Å²) in [6.07, 6.45) is 3.55. The second kappa shape index (κ2) is 4.88. The van der Waals surface area contributed by atoms with Crippen molar-refractivity contribution in [2.75, 3.05) is 6.54 Å². The van der Waals surface area contributed by atoms with Gasteiger partial charge in [0.2, 0.25) is 5.91 Å². The molecular formula is C14H20N2O. The molecule has 1 fully saturated rings. The van der Waals surface area contributed by atoms with Crippen LogP contribution in [0.5, 0.6) is 0 Å². The normalized spacial score (nSPS) is 16.6. The van der Waals surface area contributed by atoms with Gasteiger partial charge in [-0.1, -0.05) is 24.3 Å². The number of hydrogen-bond donors (Lipinski definition) is 2. The van der Waals surface area contributed by atoms with E-state index in [4.69, 9.17) is 5.73 Å². The van der Waals surface area contributed by atoms with E-state index in [-0.39, 0.29) is 11.4 Å². The summed E-state index contributed by atoms with van der Waals surface area (Å²) in [5.74, 6) is 0.0850. The maximum Gasteiger partial charge on any atom is 0.224 e. The van der Waals surface area contributed by atoms with Crippen LogP contribution in [-0.4, -0.2) is 18.0 Å². The predicted octanol–water partition coefficient (Wildman–Crippen LogP) is 1.40. The molecule has 0 atom stereocenters. The fraction of sp³-hybridized carbons (Fsp3) is 0.500. The quantitative estimate of drug-likeness (QED) is 0.806. The van der Waals surface area contributed by atoms with Crippen molar-refractivity contribution in [3.05, 3.63) is 35.4 Å². The summed E-state index contributed by atoms with van der Waals surface area (Å²) in [6.45, 7) is 2.62. The van der Waals surface area contributed by atoms with Gasteiger partial charge in [0.1, 0.15) is 0 Å². The lowest BCUT2D eigenvalue weighted by atomic mass is 9.97. The number of rotatable bonds is 5. The van der Waals surface area contributed by atoms with Crippen LogP contribution in [0.1, 0.15) is 30.9 Å². The first-order valence-electron chi connectivity index (χ1n) is 6.25. The van der Waals surface area contributed by atoms with Gasteiger partial charge in [-0.15, -0.1) is 0 Å². The Kier molecular flexibility index (Phi) is 3.48.